The summed E-state index contributed by atoms with van der Waals surface area (Å²) in [6.45, 7) is 8.09. The lowest BCUT2D eigenvalue weighted by Gasteiger charge is -2.27. The maximum Gasteiger partial charge on any atom is 0.0851 e. The van der Waals surface area contributed by atoms with Gasteiger partial charge in [0, 0.05) is 0 Å². The van der Waals surface area contributed by atoms with E-state index in [1.165, 1.54) is 19.3 Å². The first-order chi connectivity index (χ1) is 6.08. The van der Waals surface area contributed by atoms with E-state index in [1.807, 2.05) is 6.92 Å². The maximum absolute atomic E-state index is 10.2. The molecule has 0 heterocycles. The fourth-order valence-corrected chi connectivity index (χ4v) is 2.23. The van der Waals surface area contributed by atoms with Crippen LogP contribution in [-0.4, -0.2) is 10.7 Å². The van der Waals surface area contributed by atoms with Crippen molar-refractivity contribution in [3.8, 4) is 0 Å². The third-order valence-corrected chi connectivity index (χ3v) is 3.54. The second-order valence-corrected chi connectivity index (χ2v) is 4.52. The normalized spacial score (nSPS) is 35.5. The monoisotopic (exact) mass is 182 g/mol. The Hall–Kier alpha value is -0.300. The summed E-state index contributed by atoms with van der Waals surface area (Å²) in [6, 6.07) is 0. The molecular weight excluding hydrogens is 160 g/mol. The van der Waals surface area contributed by atoms with Gasteiger partial charge in [0.05, 0.1) is 5.60 Å². The zero-order valence-electron chi connectivity index (χ0n) is 8.97. The van der Waals surface area contributed by atoms with Crippen LogP contribution in [0, 0.1) is 5.92 Å². The quantitative estimate of drug-likeness (QED) is 0.513. The number of aliphatic hydroxyl groups is 1. The van der Waals surface area contributed by atoms with Crippen LogP contribution in [0.1, 0.15) is 52.4 Å². The first-order valence-corrected chi connectivity index (χ1v) is 5.47. The Morgan fingerprint density at radius 2 is 2.15 bits per heavy atom. The molecule has 0 aromatic heterocycles. The minimum Gasteiger partial charge on any atom is -0.386 e. The molecular formula is C12H22O. The summed E-state index contributed by atoms with van der Waals surface area (Å²) in [5.41, 5.74) is 0.397. The first kappa shape index (κ1) is 10.8. The molecule has 1 N–H and O–H groups in total. The second-order valence-electron chi connectivity index (χ2n) is 4.52. The Balaban J connectivity index is 2.58. The number of hydrogen-bond acceptors (Lipinski definition) is 1. The van der Waals surface area contributed by atoms with Gasteiger partial charge in [-0.1, -0.05) is 26.3 Å². The van der Waals surface area contributed by atoms with Crippen LogP contribution in [0.25, 0.3) is 0 Å². The van der Waals surface area contributed by atoms with Crippen molar-refractivity contribution in [1.29, 1.82) is 0 Å². The van der Waals surface area contributed by atoms with Gasteiger partial charge in [-0.2, -0.15) is 0 Å². The highest BCUT2D eigenvalue weighted by Gasteiger charge is 2.30. The largest absolute Gasteiger partial charge is 0.386 e. The van der Waals surface area contributed by atoms with E-state index in [9.17, 15) is 5.11 Å². The second kappa shape index (κ2) is 4.28. The van der Waals surface area contributed by atoms with Crippen LogP contribution in [0.3, 0.4) is 0 Å². The molecule has 0 amide bonds. The van der Waals surface area contributed by atoms with Crippen LogP contribution in [0.5, 0.6) is 0 Å². The minimum atomic E-state index is -0.552. The summed E-state index contributed by atoms with van der Waals surface area (Å²) in [6.07, 6.45) is 6.69. The zero-order chi connectivity index (χ0) is 9.90. The third-order valence-electron chi connectivity index (χ3n) is 3.54. The molecule has 2 unspecified atom stereocenters. The van der Waals surface area contributed by atoms with E-state index >= 15 is 0 Å². The molecule has 1 nitrogen and oxygen atoms in total. The summed E-state index contributed by atoms with van der Waals surface area (Å²) in [5.74, 6) is 0.827. The van der Waals surface area contributed by atoms with Gasteiger partial charge in [-0.05, 0) is 44.1 Å². The van der Waals surface area contributed by atoms with E-state index in [0.717, 1.165) is 30.8 Å². The molecule has 0 aliphatic heterocycles. The fourth-order valence-electron chi connectivity index (χ4n) is 2.23. The zero-order valence-corrected chi connectivity index (χ0v) is 8.97. The molecule has 0 spiro atoms. The highest BCUT2D eigenvalue weighted by molar-refractivity contribution is 5.09. The molecule has 1 saturated carbocycles. The highest BCUT2D eigenvalue weighted by atomic mass is 16.3. The molecule has 0 aromatic carbocycles. The van der Waals surface area contributed by atoms with Gasteiger partial charge in [0.25, 0.3) is 0 Å². The lowest BCUT2D eigenvalue weighted by molar-refractivity contribution is 0.0615. The Morgan fingerprint density at radius 1 is 1.46 bits per heavy atom. The molecule has 1 fully saturated rings. The highest BCUT2D eigenvalue weighted by Crippen LogP contribution is 2.35. The van der Waals surface area contributed by atoms with E-state index in [1.54, 1.807) is 0 Å². The summed E-state index contributed by atoms with van der Waals surface area (Å²) < 4.78 is 0. The summed E-state index contributed by atoms with van der Waals surface area (Å²) in [7, 11) is 0. The predicted molar refractivity (Wildman–Crippen MR) is 56.6 cm³/mol. The van der Waals surface area contributed by atoms with Crippen LogP contribution in [0.4, 0.5) is 0 Å². The molecule has 1 aliphatic rings. The van der Waals surface area contributed by atoms with Crippen LogP contribution in [0.15, 0.2) is 12.2 Å². The van der Waals surface area contributed by atoms with Gasteiger partial charge in [0.15, 0.2) is 0 Å². The van der Waals surface area contributed by atoms with Gasteiger partial charge >= 0.3 is 0 Å². The topological polar surface area (TPSA) is 20.2 Å². The Labute approximate surface area is 81.9 Å². The molecule has 0 radical (unpaired) electrons. The van der Waals surface area contributed by atoms with Crippen molar-refractivity contribution >= 4 is 0 Å². The minimum absolute atomic E-state index is 0.552. The summed E-state index contributed by atoms with van der Waals surface area (Å²) in [5, 5.41) is 10.2. The molecule has 0 bridgehead atoms. The molecule has 1 rings (SSSR count). The molecule has 0 saturated heterocycles. The van der Waals surface area contributed by atoms with Crippen molar-refractivity contribution in [2.45, 2.75) is 58.0 Å². The number of hydrogen-bond donors (Lipinski definition) is 1. The average molecular weight is 182 g/mol. The van der Waals surface area contributed by atoms with Crippen LogP contribution < -0.4 is 0 Å². The summed E-state index contributed by atoms with van der Waals surface area (Å²) >= 11 is 0. The first-order valence-electron chi connectivity index (χ1n) is 5.47. The van der Waals surface area contributed by atoms with Crippen molar-refractivity contribution < 1.29 is 5.11 Å². The molecule has 2 atom stereocenters. The van der Waals surface area contributed by atoms with Crippen molar-refractivity contribution in [1.82, 2.24) is 0 Å². The smallest absolute Gasteiger partial charge is 0.0851 e. The van der Waals surface area contributed by atoms with Gasteiger partial charge in [0.1, 0.15) is 0 Å². The SMILES string of the molecule is C=C(C)C1(O)CCCC(CC)CC1. The number of rotatable bonds is 2. The Bertz CT molecular complexity index is 186. The van der Waals surface area contributed by atoms with Crippen molar-refractivity contribution in [2.24, 2.45) is 5.92 Å². The lowest BCUT2D eigenvalue weighted by atomic mass is 9.87. The van der Waals surface area contributed by atoms with E-state index in [-0.39, 0.29) is 0 Å². The van der Waals surface area contributed by atoms with Gasteiger partial charge in [-0.25, -0.2) is 0 Å². The summed E-state index contributed by atoms with van der Waals surface area (Å²) in [4.78, 5) is 0. The van der Waals surface area contributed by atoms with Crippen molar-refractivity contribution in [3.63, 3.8) is 0 Å². The van der Waals surface area contributed by atoms with Gasteiger partial charge in [-0.3, -0.25) is 0 Å². The van der Waals surface area contributed by atoms with E-state index in [0.29, 0.717) is 0 Å². The molecule has 1 aliphatic carbocycles. The molecule has 76 valence electrons. The van der Waals surface area contributed by atoms with E-state index < -0.39 is 5.60 Å². The average Bonchev–Trinajstić information content (AvgIpc) is 2.28. The fraction of sp³-hybridized carbons (Fsp3) is 0.833. The molecule has 1 heteroatoms. The van der Waals surface area contributed by atoms with Crippen LogP contribution in [-0.2, 0) is 0 Å². The van der Waals surface area contributed by atoms with Crippen molar-refractivity contribution in [3.05, 3.63) is 12.2 Å². The van der Waals surface area contributed by atoms with E-state index in [4.69, 9.17) is 0 Å². The van der Waals surface area contributed by atoms with Gasteiger partial charge in [-0.15, -0.1) is 0 Å². The molecule has 0 aromatic rings. The van der Waals surface area contributed by atoms with Gasteiger partial charge < -0.3 is 5.11 Å². The van der Waals surface area contributed by atoms with Crippen LogP contribution >= 0.6 is 0 Å². The van der Waals surface area contributed by atoms with Crippen molar-refractivity contribution in [2.75, 3.05) is 0 Å². The molecule has 13 heavy (non-hydrogen) atoms. The Kier molecular flexibility index (Phi) is 3.55. The Morgan fingerprint density at radius 3 is 2.69 bits per heavy atom. The lowest BCUT2D eigenvalue weighted by Crippen LogP contribution is -2.28. The van der Waals surface area contributed by atoms with Crippen LogP contribution in [0.2, 0.25) is 0 Å². The standard InChI is InChI=1S/C12H22O/c1-4-11-6-5-8-12(13,9-7-11)10(2)3/h11,13H,2,4-9H2,1,3H3. The van der Waals surface area contributed by atoms with E-state index in [2.05, 4.69) is 13.5 Å². The maximum atomic E-state index is 10.2. The third kappa shape index (κ3) is 2.57. The predicted octanol–water partition coefficient (Wildman–Crippen LogP) is 3.28. The van der Waals surface area contributed by atoms with Gasteiger partial charge in [0.2, 0.25) is 0 Å².